The molecular formula is C39H62N7O17P3S-4. The van der Waals surface area contributed by atoms with Crippen LogP contribution in [0.4, 0.5) is 5.82 Å². The van der Waals surface area contributed by atoms with Gasteiger partial charge in [0.2, 0.25) is 16.9 Å². The van der Waals surface area contributed by atoms with Gasteiger partial charge in [0.25, 0.3) is 15.6 Å². The number of aliphatic hydroxyl groups excluding tert-OH is 2. The number of thioether (sulfide) groups is 1. The highest BCUT2D eigenvalue weighted by Gasteiger charge is 2.47. The van der Waals surface area contributed by atoms with E-state index in [-0.39, 0.29) is 41.6 Å². The van der Waals surface area contributed by atoms with Crippen molar-refractivity contribution in [3.63, 3.8) is 0 Å². The number of aromatic nitrogens is 4. The largest absolute Gasteiger partial charge is 0.790 e. The van der Waals surface area contributed by atoms with Crippen molar-refractivity contribution in [3.8, 4) is 0 Å². The number of allylic oxidation sites excluding steroid dienone is 3. The third-order valence-electron chi connectivity index (χ3n) is 10.1. The van der Waals surface area contributed by atoms with Gasteiger partial charge in [-0.2, -0.15) is 0 Å². The maximum absolute atomic E-state index is 12.6. The zero-order chi connectivity index (χ0) is 49.7. The lowest BCUT2D eigenvalue weighted by Gasteiger charge is -2.36. The molecule has 1 aliphatic rings. The molecule has 2 aromatic rings. The minimum absolute atomic E-state index is 0.0205. The van der Waals surface area contributed by atoms with Crippen LogP contribution < -0.4 is 35.9 Å². The molecule has 0 saturated carbocycles. The highest BCUT2D eigenvalue weighted by atomic mass is 32.2. The number of anilines is 1. The van der Waals surface area contributed by atoms with E-state index >= 15 is 0 Å². The fourth-order valence-electron chi connectivity index (χ4n) is 6.47. The maximum atomic E-state index is 12.6. The molecule has 0 radical (unpaired) electrons. The number of nitrogens with two attached hydrogens (primary N) is 1. The van der Waals surface area contributed by atoms with Crippen LogP contribution in [0.15, 0.2) is 37.0 Å². The topological polar surface area (TPSA) is 375 Å². The van der Waals surface area contributed by atoms with Gasteiger partial charge in [0, 0.05) is 30.7 Å². The number of nitrogen functional groups attached to an aromatic ring is 1. The summed E-state index contributed by atoms with van der Waals surface area (Å²) in [5, 5.41) is 26.2. The van der Waals surface area contributed by atoms with Gasteiger partial charge in [-0.25, -0.2) is 19.3 Å². The second kappa shape index (κ2) is 28.6. The molecule has 1 fully saturated rings. The summed E-state index contributed by atoms with van der Waals surface area (Å²) in [5.74, 6) is -1.23. The summed E-state index contributed by atoms with van der Waals surface area (Å²) in [6.45, 7) is 2.32. The monoisotopic (exact) mass is 1030 g/mol. The van der Waals surface area contributed by atoms with Crippen LogP contribution in [-0.4, -0.2) is 103 Å². The number of aliphatic hydroxyl groups is 2. The number of phosphoric acid groups is 3. The second-order valence-corrected chi connectivity index (χ2v) is 21.4. The van der Waals surface area contributed by atoms with Crippen molar-refractivity contribution in [2.45, 2.75) is 135 Å². The van der Waals surface area contributed by atoms with Crippen LogP contribution in [0.25, 0.3) is 11.2 Å². The number of nitrogens with one attached hydrogen (secondary N) is 2. The number of ether oxygens (including phenoxy) is 1. The van der Waals surface area contributed by atoms with E-state index in [4.69, 9.17) is 10.5 Å². The van der Waals surface area contributed by atoms with Crippen molar-refractivity contribution in [1.82, 2.24) is 30.2 Å². The first-order chi connectivity index (χ1) is 31.6. The first kappa shape index (κ1) is 58.4. The van der Waals surface area contributed by atoms with Crippen molar-refractivity contribution >= 4 is 69.1 Å². The summed E-state index contributed by atoms with van der Waals surface area (Å²) in [4.78, 5) is 96.7. The van der Waals surface area contributed by atoms with Crippen LogP contribution >= 0.6 is 35.2 Å². The van der Waals surface area contributed by atoms with Gasteiger partial charge in [0.05, 0.1) is 27.4 Å². The Morgan fingerprint density at radius 3 is 2.25 bits per heavy atom. The number of hydrogen-bond acceptors (Lipinski definition) is 22. The van der Waals surface area contributed by atoms with E-state index in [1.165, 1.54) is 71.3 Å². The summed E-state index contributed by atoms with van der Waals surface area (Å²) in [5.41, 5.74) is 4.08. The van der Waals surface area contributed by atoms with Crippen molar-refractivity contribution in [2.24, 2.45) is 5.41 Å². The fraction of sp³-hybridized carbons (Fsp3) is 0.692. The van der Waals surface area contributed by atoms with Crippen LogP contribution in [0, 0.1) is 5.41 Å². The molecule has 1 saturated heterocycles. The van der Waals surface area contributed by atoms with E-state index in [9.17, 15) is 57.9 Å². The van der Waals surface area contributed by atoms with Gasteiger partial charge in [-0.15, -0.1) is 0 Å². The molecule has 2 aromatic heterocycles. The molecule has 2 amide bonds. The molecule has 7 atom stereocenters. The summed E-state index contributed by atoms with van der Waals surface area (Å²) < 4.78 is 60.8. The smallest absolute Gasteiger partial charge is 0.274 e. The van der Waals surface area contributed by atoms with Gasteiger partial charge < -0.3 is 69.0 Å². The van der Waals surface area contributed by atoms with Gasteiger partial charge in [0.15, 0.2) is 17.7 Å². The third kappa shape index (κ3) is 21.7. The molecule has 0 aliphatic carbocycles. The van der Waals surface area contributed by atoms with E-state index in [0.29, 0.717) is 5.75 Å². The molecular weight excluding hydrogens is 963 g/mol. The van der Waals surface area contributed by atoms with Gasteiger partial charge in [0.1, 0.15) is 36.3 Å². The number of unbranched alkanes of at least 4 members (excludes halogenated alkanes) is 10. The quantitative estimate of drug-likeness (QED) is 0.0295. The van der Waals surface area contributed by atoms with E-state index in [1.807, 2.05) is 6.08 Å². The maximum Gasteiger partial charge on any atom is 0.274 e. The average Bonchev–Trinajstić information content (AvgIpc) is 3.81. The lowest BCUT2D eigenvalue weighted by molar-refractivity contribution is -0.347. The van der Waals surface area contributed by atoms with E-state index in [1.54, 1.807) is 0 Å². The Morgan fingerprint density at radius 2 is 1.57 bits per heavy atom. The number of amides is 2. The second-order valence-electron chi connectivity index (χ2n) is 16.2. The number of phosphoric ester groups is 3. The molecule has 1 aliphatic heterocycles. The highest BCUT2D eigenvalue weighted by molar-refractivity contribution is 8.14. The SMILES string of the molecule is CCCCCCCCCC/C=C\CCC/C=C/C(=O)SCCNC(=O)CCNC(=O)[C@H](O)C(C)(C)COP(=O)([O-])OP(=O)([O-])OC[C@H]1O[C@@H](n2cnc3c(N)ncnc32)[C@H](O)[C@@H]1OP(=O)([O-])[O-]. The number of fused-ring (bicyclic) bond motifs is 1. The molecule has 380 valence electrons. The lowest BCUT2D eigenvalue weighted by Crippen LogP contribution is -2.46. The van der Waals surface area contributed by atoms with Crippen LogP contribution in [-0.2, 0) is 50.7 Å². The molecule has 2 unspecified atom stereocenters. The summed E-state index contributed by atoms with van der Waals surface area (Å²) in [7, 11) is -17.6. The zero-order valence-electron chi connectivity index (χ0n) is 37.7. The van der Waals surface area contributed by atoms with Crippen molar-refractivity contribution in [3.05, 3.63) is 37.0 Å². The zero-order valence-corrected chi connectivity index (χ0v) is 41.2. The minimum Gasteiger partial charge on any atom is -0.790 e. The number of carbonyl (C=O) groups excluding carboxylic acids is 3. The molecule has 67 heavy (non-hydrogen) atoms. The summed E-state index contributed by atoms with van der Waals surface area (Å²) in [6.07, 6.45) is 14.3. The Balaban J connectivity index is 1.32. The third-order valence-corrected chi connectivity index (χ3v) is 13.9. The van der Waals surface area contributed by atoms with Gasteiger partial charge in [-0.3, -0.25) is 28.1 Å². The van der Waals surface area contributed by atoms with E-state index in [0.717, 1.165) is 54.7 Å². The first-order valence-electron chi connectivity index (χ1n) is 21.9. The molecule has 0 bridgehead atoms. The van der Waals surface area contributed by atoms with Gasteiger partial charge in [-0.05, 0) is 38.2 Å². The Kier molecular flexibility index (Phi) is 24.9. The number of hydrogen-bond donors (Lipinski definition) is 5. The molecule has 3 rings (SSSR count). The standard InChI is InChI=1S/C39H66N7O17P3S/c1-4-5-6-7-8-9-10-11-12-13-14-15-16-17-18-19-30(48)67-23-22-41-29(47)20-21-42-37(51)34(50)39(2,3)25-60-66(57,58)63-65(55,56)59-24-28-33(62-64(52,53)54)32(49)38(61-28)46-27-45-31-35(40)43-26-44-36(31)46/h13-14,18-19,26-28,32-34,38,49-50H,4-12,15-17,20-25H2,1-3H3,(H,41,47)(H,42,51)(H,55,56)(H,57,58)(H2,40,43,44)(H2,52,53,54)/p-4/b14-13-,19-18+/t28-,32-,33-,34+,38-/m1/s1. The van der Waals surface area contributed by atoms with Crippen LogP contribution in [0.2, 0.25) is 0 Å². The highest BCUT2D eigenvalue weighted by Crippen LogP contribution is 2.56. The first-order valence-corrected chi connectivity index (χ1v) is 27.2. The Morgan fingerprint density at radius 1 is 0.925 bits per heavy atom. The number of rotatable bonds is 33. The molecule has 6 N–H and O–H groups in total. The normalized spacial score (nSPS) is 20.3. The Labute approximate surface area is 393 Å². The fourth-order valence-corrected chi connectivity index (χ4v) is 9.81. The predicted molar refractivity (Wildman–Crippen MR) is 238 cm³/mol. The average molecular weight is 1030 g/mol. The minimum atomic E-state index is -5.92. The summed E-state index contributed by atoms with van der Waals surface area (Å²) in [6, 6.07) is 0. The van der Waals surface area contributed by atoms with Crippen molar-refractivity contribution < 1.29 is 80.5 Å². The van der Waals surface area contributed by atoms with E-state index in [2.05, 4.69) is 62.5 Å². The molecule has 28 heteroatoms. The summed E-state index contributed by atoms with van der Waals surface area (Å²) >= 11 is 1.04. The van der Waals surface area contributed by atoms with Crippen molar-refractivity contribution in [1.29, 1.82) is 0 Å². The predicted octanol–water partition coefficient (Wildman–Crippen LogP) is 1.95. The lowest BCUT2D eigenvalue weighted by atomic mass is 9.87. The molecule has 0 spiro atoms. The molecule has 3 heterocycles. The Bertz CT molecular complexity index is 2090. The van der Waals surface area contributed by atoms with Crippen molar-refractivity contribution in [2.75, 3.05) is 37.8 Å². The van der Waals surface area contributed by atoms with Crippen LogP contribution in [0.1, 0.15) is 110 Å². The van der Waals surface area contributed by atoms with Gasteiger partial charge >= 0.3 is 0 Å². The van der Waals surface area contributed by atoms with E-state index < -0.39 is 84.6 Å². The molecule has 24 nitrogen and oxygen atoms in total. The van der Waals surface area contributed by atoms with Gasteiger partial charge in [-0.1, -0.05) is 95.7 Å². The van der Waals surface area contributed by atoms with Crippen LogP contribution in [0.5, 0.6) is 0 Å². The Hall–Kier alpha value is -2.96. The number of nitrogens with zero attached hydrogens (tertiary/aromatic N) is 4. The number of carbonyl (C=O) groups is 3. The van der Waals surface area contributed by atoms with Crippen LogP contribution in [0.3, 0.4) is 0 Å². The molecule has 0 aromatic carbocycles. The number of imidazole rings is 1.